The van der Waals surface area contributed by atoms with Crippen molar-refractivity contribution >= 4 is 17.7 Å². The normalized spacial score (nSPS) is 15.6. The second-order valence-electron chi connectivity index (χ2n) is 6.68. The van der Waals surface area contributed by atoms with E-state index in [1.807, 2.05) is 35.8 Å². The largest absolute Gasteiger partial charge is 0.496 e. The first-order chi connectivity index (χ1) is 13.0. The summed E-state index contributed by atoms with van der Waals surface area (Å²) >= 11 is 1.32. The Hall–Kier alpha value is -2.53. The number of thioether (sulfide) groups is 1. The summed E-state index contributed by atoms with van der Waals surface area (Å²) < 4.78 is 7.38. The van der Waals surface area contributed by atoms with Gasteiger partial charge in [-0.3, -0.25) is 4.79 Å². The van der Waals surface area contributed by atoms with Crippen molar-refractivity contribution < 1.29 is 9.53 Å². The zero-order valence-corrected chi connectivity index (χ0v) is 16.5. The number of carbonyl (C=O) groups excluding carboxylic acids is 1. The Balaban J connectivity index is 1.72. The molecule has 7 nitrogen and oxygen atoms in total. The van der Waals surface area contributed by atoms with Gasteiger partial charge in [0.1, 0.15) is 11.3 Å². The van der Waals surface area contributed by atoms with E-state index in [9.17, 15) is 10.1 Å². The number of amides is 1. The van der Waals surface area contributed by atoms with E-state index >= 15 is 0 Å². The minimum atomic E-state index is -0.779. The Bertz CT molecular complexity index is 871. The highest BCUT2D eigenvalue weighted by atomic mass is 32.2. The highest BCUT2D eigenvalue weighted by Gasteiger charge is 2.43. The number of hydrogen-bond donors (Lipinski definition) is 1. The van der Waals surface area contributed by atoms with Gasteiger partial charge in [-0.1, -0.05) is 23.9 Å². The van der Waals surface area contributed by atoms with E-state index < -0.39 is 5.54 Å². The van der Waals surface area contributed by atoms with Gasteiger partial charge in [-0.2, -0.15) is 5.26 Å². The van der Waals surface area contributed by atoms with E-state index in [4.69, 9.17) is 4.74 Å². The molecule has 27 heavy (non-hydrogen) atoms. The van der Waals surface area contributed by atoms with Crippen molar-refractivity contribution in [2.24, 2.45) is 5.92 Å². The molecule has 0 bridgehead atoms. The molecule has 8 heteroatoms. The van der Waals surface area contributed by atoms with Gasteiger partial charge in [0, 0.05) is 6.54 Å². The van der Waals surface area contributed by atoms with Crippen LogP contribution in [0.4, 0.5) is 0 Å². The van der Waals surface area contributed by atoms with Crippen LogP contribution in [0.3, 0.4) is 0 Å². The van der Waals surface area contributed by atoms with Gasteiger partial charge in [0.05, 0.1) is 24.5 Å². The highest BCUT2D eigenvalue weighted by Crippen LogP contribution is 2.39. The summed E-state index contributed by atoms with van der Waals surface area (Å²) in [6.45, 7) is 4.47. The summed E-state index contributed by atoms with van der Waals surface area (Å²) in [5.74, 6) is 1.71. The van der Waals surface area contributed by atoms with Crippen LogP contribution in [0.5, 0.6) is 5.75 Å². The first kappa shape index (κ1) is 19.2. The number of benzene rings is 1. The summed E-state index contributed by atoms with van der Waals surface area (Å²) in [6.07, 6.45) is 1.98. The molecule has 1 unspecified atom stereocenters. The lowest BCUT2D eigenvalue weighted by molar-refractivity contribution is -0.119. The number of para-hydroxylation sites is 1. The van der Waals surface area contributed by atoms with Crippen LogP contribution < -0.4 is 10.1 Å². The molecule has 3 rings (SSSR count). The standard InChI is InChI=1S/C19H23N5O2S/c1-4-24-17(14-7-5-6-8-15(14)26-3)22-23-18(24)27-11-16(25)21-19(2,12-20)13-9-10-13/h5-8,13H,4,9-11H2,1-3H3,(H,21,25). The molecule has 0 saturated heterocycles. The molecule has 142 valence electrons. The Morgan fingerprint density at radius 2 is 2.19 bits per heavy atom. The number of rotatable bonds is 8. The van der Waals surface area contributed by atoms with Crippen molar-refractivity contribution in [2.75, 3.05) is 12.9 Å². The minimum Gasteiger partial charge on any atom is -0.496 e. The first-order valence-electron chi connectivity index (χ1n) is 8.94. The van der Waals surface area contributed by atoms with Crippen LogP contribution in [0.15, 0.2) is 29.4 Å². The maximum Gasteiger partial charge on any atom is 0.231 e. The van der Waals surface area contributed by atoms with Crippen LogP contribution in [-0.4, -0.2) is 39.1 Å². The lowest BCUT2D eigenvalue weighted by atomic mass is 9.98. The Morgan fingerprint density at radius 1 is 1.44 bits per heavy atom. The zero-order chi connectivity index (χ0) is 19.4. The van der Waals surface area contributed by atoms with Gasteiger partial charge in [-0.25, -0.2) is 0 Å². The van der Waals surface area contributed by atoms with Gasteiger partial charge in [-0.15, -0.1) is 10.2 Å². The van der Waals surface area contributed by atoms with E-state index in [0.717, 1.165) is 24.2 Å². The van der Waals surface area contributed by atoms with Crippen molar-refractivity contribution in [3.8, 4) is 23.2 Å². The van der Waals surface area contributed by atoms with Crippen LogP contribution in [-0.2, 0) is 11.3 Å². The van der Waals surface area contributed by atoms with Gasteiger partial charge in [0.25, 0.3) is 0 Å². The first-order valence-corrected chi connectivity index (χ1v) is 9.92. The third kappa shape index (κ3) is 4.08. The number of aromatic nitrogens is 3. The number of nitriles is 1. The molecular formula is C19H23N5O2S. The van der Waals surface area contributed by atoms with E-state index in [-0.39, 0.29) is 17.6 Å². The lowest BCUT2D eigenvalue weighted by Crippen LogP contribution is -2.47. The summed E-state index contributed by atoms with van der Waals surface area (Å²) in [5, 5.41) is 21.5. The van der Waals surface area contributed by atoms with Crippen LogP contribution in [0.2, 0.25) is 0 Å². The van der Waals surface area contributed by atoms with Crippen molar-refractivity contribution in [1.82, 2.24) is 20.1 Å². The number of nitrogens with one attached hydrogen (secondary N) is 1. The molecule has 0 radical (unpaired) electrons. The number of carbonyl (C=O) groups is 1. The van der Waals surface area contributed by atoms with E-state index in [1.165, 1.54) is 11.8 Å². The van der Waals surface area contributed by atoms with Crippen LogP contribution >= 0.6 is 11.8 Å². The van der Waals surface area contributed by atoms with Crippen LogP contribution in [0.1, 0.15) is 26.7 Å². The van der Waals surface area contributed by atoms with Crippen molar-refractivity contribution in [3.63, 3.8) is 0 Å². The van der Waals surface area contributed by atoms with Gasteiger partial charge >= 0.3 is 0 Å². The Morgan fingerprint density at radius 3 is 2.81 bits per heavy atom. The molecule has 1 N–H and O–H groups in total. The fourth-order valence-corrected chi connectivity index (χ4v) is 3.85. The lowest BCUT2D eigenvalue weighted by Gasteiger charge is -2.22. The second kappa shape index (κ2) is 8.01. The SMILES string of the molecule is CCn1c(SCC(=O)NC(C)(C#N)C2CC2)nnc1-c1ccccc1OC. The third-order valence-electron chi connectivity index (χ3n) is 4.74. The minimum absolute atomic E-state index is 0.166. The average molecular weight is 385 g/mol. The number of ether oxygens (including phenoxy) is 1. The molecule has 1 amide bonds. The average Bonchev–Trinajstić information content (AvgIpc) is 3.47. The van der Waals surface area contributed by atoms with Crippen molar-refractivity contribution in [2.45, 2.75) is 43.9 Å². The summed E-state index contributed by atoms with van der Waals surface area (Å²) in [4.78, 5) is 12.3. The fourth-order valence-electron chi connectivity index (χ4n) is 3.05. The molecule has 1 fully saturated rings. The molecule has 1 aliphatic carbocycles. The van der Waals surface area contributed by atoms with E-state index in [2.05, 4.69) is 21.6 Å². The predicted molar refractivity (Wildman–Crippen MR) is 103 cm³/mol. The highest BCUT2D eigenvalue weighted by molar-refractivity contribution is 7.99. The van der Waals surface area contributed by atoms with Crippen LogP contribution in [0.25, 0.3) is 11.4 Å². The molecule has 0 aliphatic heterocycles. The topological polar surface area (TPSA) is 92.8 Å². The molecular weight excluding hydrogens is 362 g/mol. The van der Waals surface area contributed by atoms with Crippen molar-refractivity contribution in [3.05, 3.63) is 24.3 Å². The van der Waals surface area contributed by atoms with Gasteiger partial charge in [0.2, 0.25) is 5.91 Å². The third-order valence-corrected chi connectivity index (χ3v) is 5.71. The Kier molecular flexibility index (Phi) is 5.71. The maximum atomic E-state index is 12.3. The van der Waals surface area contributed by atoms with E-state index in [1.54, 1.807) is 14.0 Å². The maximum absolute atomic E-state index is 12.3. The second-order valence-corrected chi connectivity index (χ2v) is 7.62. The summed E-state index contributed by atoms with van der Waals surface area (Å²) in [7, 11) is 1.62. The van der Waals surface area contributed by atoms with Crippen LogP contribution in [0, 0.1) is 17.2 Å². The van der Waals surface area contributed by atoms with Gasteiger partial charge in [0.15, 0.2) is 11.0 Å². The smallest absolute Gasteiger partial charge is 0.231 e. The molecule has 1 aliphatic rings. The molecule has 0 spiro atoms. The summed E-state index contributed by atoms with van der Waals surface area (Å²) in [5.41, 5.74) is 0.0787. The summed E-state index contributed by atoms with van der Waals surface area (Å²) in [6, 6.07) is 9.88. The molecule has 1 aromatic carbocycles. The number of methoxy groups -OCH3 is 1. The van der Waals surface area contributed by atoms with Gasteiger partial charge < -0.3 is 14.6 Å². The molecule has 2 aromatic rings. The Labute approximate surface area is 163 Å². The molecule has 1 heterocycles. The zero-order valence-electron chi connectivity index (χ0n) is 15.7. The van der Waals surface area contributed by atoms with Crippen molar-refractivity contribution in [1.29, 1.82) is 5.26 Å². The molecule has 1 saturated carbocycles. The molecule has 1 atom stereocenters. The molecule has 1 aromatic heterocycles. The quantitative estimate of drug-likeness (QED) is 0.703. The van der Waals surface area contributed by atoms with Gasteiger partial charge in [-0.05, 0) is 44.7 Å². The van der Waals surface area contributed by atoms with E-state index in [0.29, 0.717) is 17.5 Å². The number of nitrogens with zero attached hydrogens (tertiary/aromatic N) is 4. The number of hydrogen-bond acceptors (Lipinski definition) is 6. The fraction of sp³-hybridized carbons (Fsp3) is 0.474. The predicted octanol–water partition coefficient (Wildman–Crippen LogP) is 2.87. The monoisotopic (exact) mass is 385 g/mol.